The normalized spacial score (nSPS) is 10.7. The van der Waals surface area contributed by atoms with E-state index < -0.39 is 5.97 Å². The molecule has 0 aliphatic heterocycles. The molecule has 2 aromatic heterocycles. The van der Waals surface area contributed by atoms with E-state index in [2.05, 4.69) is 53.1 Å². The predicted octanol–water partition coefficient (Wildman–Crippen LogP) is 6.69. The fourth-order valence-electron chi connectivity index (χ4n) is 4.11. The zero-order chi connectivity index (χ0) is 26.9. The second kappa shape index (κ2) is 12.6. The molecule has 0 aliphatic carbocycles. The Morgan fingerprint density at radius 3 is 2.37 bits per heavy atom. The fraction of sp³-hybridized carbons (Fsp3) is 0.276. The third-order valence-electron chi connectivity index (χ3n) is 6.07. The molecular weight excluding hydrogens is 480 g/mol. The molecule has 9 heteroatoms. The maximum Gasteiger partial charge on any atom is 0.327 e. The van der Waals surface area contributed by atoms with Crippen LogP contribution in [0.25, 0.3) is 32.8 Å². The molecule has 0 amide bonds. The maximum atomic E-state index is 12.3. The van der Waals surface area contributed by atoms with Gasteiger partial charge in [0.1, 0.15) is 24.6 Å². The number of azide groups is 1. The highest BCUT2D eigenvalue weighted by Gasteiger charge is 2.22. The molecule has 4 aromatic rings. The number of aromatic nitrogens is 3. The lowest BCUT2D eigenvalue weighted by atomic mass is 9.99. The van der Waals surface area contributed by atoms with Crippen molar-refractivity contribution in [2.75, 3.05) is 6.61 Å². The highest BCUT2D eigenvalue weighted by atomic mass is 16.5. The Balaban J connectivity index is 1.66. The van der Waals surface area contributed by atoms with Crippen molar-refractivity contribution in [1.82, 2.24) is 14.8 Å². The molecule has 38 heavy (non-hydrogen) atoms. The Hall–Kier alpha value is -4.62. The van der Waals surface area contributed by atoms with E-state index in [0.29, 0.717) is 23.9 Å². The number of nitrogens with zero attached hydrogens (tertiary/aromatic N) is 6. The molecule has 0 spiro atoms. The second-order valence-corrected chi connectivity index (χ2v) is 8.97. The standard InChI is InChI=1S/C29H30N6O3/c1-4-37-27(36)18-35-26(17-32-34-30)28(29(33-35)24-13-15-31-16-14-24)23-9-11-25(12-10-23)38-19-21-5-7-22(8-6-21)20(2)3/h5-16,20H,4,17-19H2,1-3H3. The van der Waals surface area contributed by atoms with Gasteiger partial charge in [-0.3, -0.25) is 14.5 Å². The van der Waals surface area contributed by atoms with Gasteiger partial charge in [0.25, 0.3) is 0 Å². The Morgan fingerprint density at radius 1 is 1.03 bits per heavy atom. The van der Waals surface area contributed by atoms with Gasteiger partial charge in [0.2, 0.25) is 0 Å². The van der Waals surface area contributed by atoms with Crippen molar-refractivity contribution in [2.24, 2.45) is 5.11 Å². The van der Waals surface area contributed by atoms with Crippen LogP contribution in [0.5, 0.6) is 5.75 Å². The molecule has 4 rings (SSSR count). The minimum Gasteiger partial charge on any atom is -0.489 e. The Kier molecular flexibility index (Phi) is 8.74. The average molecular weight is 511 g/mol. The summed E-state index contributed by atoms with van der Waals surface area (Å²) in [6, 6.07) is 19.8. The molecule has 2 heterocycles. The van der Waals surface area contributed by atoms with Crippen LogP contribution < -0.4 is 4.74 Å². The van der Waals surface area contributed by atoms with Gasteiger partial charge in [-0.15, -0.1) is 0 Å². The number of benzene rings is 2. The highest BCUT2D eigenvalue weighted by molar-refractivity contribution is 5.83. The monoisotopic (exact) mass is 510 g/mol. The summed E-state index contributed by atoms with van der Waals surface area (Å²) >= 11 is 0. The quantitative estimate of drug-likeness (QED) is 0.0965. The zero-order valence-electron chi connectivity index (χ0n) is 21.7. The van der Waals surface area contributed by atoms with Crippen molar-refractivity contribution < 1.29 is 14.3 Å². The summed E-state index contributed by atoms with van der Waals surface area (Å²) < 4.78 is 12.7. The Morgan fingerprint density at radius 2 is 1.74 bits per heavy atom. The molecule has 0 atom stereocenters. The van der Waals surface area contributed by atoms with Gasteiger partial charge in [-0.1, -0.05) is 55.4 Å². The summed E-state index contributed by atoms with van der Waals surface area (Å²) in [5.74, 6) is 0.790. The van der Waals surface area contributed by atoms with E-state index >= 15 is 0 Å². The number of esters is 1. The largest absolute Gasteiger partial charge is 0.489 e. The van der Waals surface area contributed by atoms with E-state index in [0.717, 1.165) is 28.0 Å². The zero-order valence-corrected chi connectivity index (χ0v) is 21.7. The van der Waals surface area contributed by atoms with Crippen molar-refractivity contribution in [2.45, 2.75) is 46.4 Å². The van der Waals surface area contributed by atoms with Crippen LogP contribution in [0.1, 0.15) is 43.5 Å². The van der Waals surface area contributed by atoms with Crippen LogP contribution in [0.3, 0.4) is 0 Å². The third-order valence-corrected chi connectivity index (χ3v) is 6.07. The molecular formula is C29H30N6O3. The minimum atomic E-state index is -0.421. The first-order valence-electron chi connectivity index (χ1n) is 12.5. The molecule has 0 fully saturated rings. The number of rotatable bonds is 11. The Labute approximate surface area is 221 Å². The number of hydrogen-bond acceptors (Lipinski definition) is 6. The van der Waals surface area contributed by atoms with E-state index in [4.69, 9.17) is 20.1 Å². The number of pyridine rings is 1. The summed E-state index contributed by atoms with van der Waals surface area (Å²) in [5.41, 5.74) is 15.1. The van der Waals surface area contributed by atoms with E-state index in [1.54, 1.807) is 24.0 Å². The summed E-state index contributed by atoms with van der Waals surface area (Å²) in [5, 5.41) is 8.50. The molecule has 194 valence electrons. The SMILES string of the molecule is CCOC(=O)Cn1nc(-c2ccncc2)c(-c2ccc(OCc3ccc(C(C)C)cc3)cc2)c1CN=[N+]=[N-]. The molecule has 0 saturated carbocycles. The lowest BCUT2D eigenvalue weighted by Crippen LogP contribution is -2.16. The van der Waals surface area contributed by atoms with Crippen molar-refractivity contribution in [3.05, 3.63) is 100 Å². The molecule has 0 saturated heterocycles. The van der Waals surface area contributed by atoms with Crippen LogP contribution in [0, 0.1) is 0 Å². The van der Waals surface area contributed by atoms with Gasteiger partial charge < -0.3 is 9.47 Å². The topological polar surface area (TPSA) is 115 Å². The van der Waals surface area contributed by atoms with E-state index in [1.807, 2.05) is 36.4 Å². The Bertz CT molecular complexity index is 1410. The summed E-state index contributed by atoms with van der Waals surface area (Å²) in [7, 11) is 0. The smallest absolute Gasteiger partial charge is 0.327 e. The molecule has 9 nitrogen and oxygen atoms in total. The van der Waals surface area contributed by atoms with E-state index in [-0.39, 0.29) is 19.7 Å². The molecule has 0 aliphatic rings. The van der Waals surface area contributed by atoms with Crippen LogP contribution >= 0.6 is 0 Å². The van der Waals surface area contributed by atoms with Crippen LogP contribution in [0.2, 0.25) is 0 Å². The summed E-state index contributed by atoms with van der Waals surface area (Å²) in [4.78, 5) is 19.3. The van der Waals surface area contributed by atoms with Crippen molar-refractivity contribution in [3.8, 4) is 28.1 Å². The average Bonchev–Trinajstić information content (AvgIpc) is 3.29. The van der Waals surface area contributed by atoms with Crippen molar-refractivity contribution in [3.63, 3.8) is 0 Å². The van der Waals surface area contributed by atoms with Crippen LogP contribution in [-0.2, 0) is 29.2 Å². The first-order chi connectivity index (χ1) is 18.5. The van der Waals surface area contributed by atoms with Gasteiger partial charge in [0.15, 0.2) is 0 Å². The summed E-state index contributed by atoms with van der Waals surface area (Å²) in [6.45, 7) is 6.74. The second-order valence-electron chi connectivity index (χ2n) is 8.97. The van der Waals surface area contributed by atoms with E-state index in [1.165, 1.54) is 5.56 Å². The number of carbonyl (C=O) groups excluding carboxylic acids is 1. The van der Waals surface area contributed by atoms with Gasteiger partial charge in [-0.2, -0.15) is 5.10 Å². The van der Waals surface area contributed by atoms with Gasteiger partial charge in [-0.05, 0) is 59.3 Å². The molecule has 0 bridgehead atoms. The molecule has 2 aromatic carbocycles. The first kappa shape index (κ1) is 26.4. The van der Waals surface area contributed by atoms with E-state index in [9.17, 15) is 4.79 Å². The van der Waals surface area contributed by atoms with Gasteiger partial charge in [0.05, 0.1) is 18.8 Å². The van der Waals surface area contributed by atoms with Crippen molar-refractivity contribution in [1.29, 1.82) is 0 Å². The lowest BCUT2D eigenvalue weighted by Gasteiger charge is -2.11. The third kappa shape index (κ3) is 6.38. The number of hydrogen-bond donors (Lipinski definition) is 0. The molecule has 0 unspecified atom stereocenters. The highest BCUT2D eigenvalue weighted by Crippen LogP contribution is 2.36. The summed E-state index contributed by atoms with van der Waals surface area (Å²) in [6.07, 6.45) is 3.36. The predicted molar refractivity (Wildman–Crippen MR) is 145 cm³/mol. The minimum absolute atomic E-state index is 0.0218. The van der Waals surface area contributed by atoms with Crippen LogP contribution in [0.15, 0.2) is 78.2 Å². The van der Waals surface area contributed by atoms with Gasteiger partial charge in [-0.25, -0.2) is 0 Å². The fourth-order valence-corrected chi connectivity index (χ4v) is 4.11. The lowest BCUT2D eigenvalue weighted by molar-refractivity contribution is -0.144. The van der Waals surface area contributed by atoms with Gasteiger partial charge in [0, 0.05) is 28.4 Å². The van der Waals surface area contributed by atoms with Crippen LogP contribution in [-0.4, -0.2) is 27.3 Å². The first-order valence-corrected chi connectivity index (χ1v) is 12.5. The molecule has 0 N–H and O–H groups in total. The van der Waals surface area contributed by atoms with Gasteiger partial charge >= 0.3 is 5.97 Å². The number of ether oxygens (including phenoxy) is 2. The number of carbonyl (C=O) groups is 1. The van der Waals surface area contributed by atoms with Crippen molar-refractivity contribution >= 4 is 5.97 Å². The van der Waals surface area contributed by atoms with Crippen LogP contribution in [0.4, 0.5) is 0 Å². The maximum absolute atomic E-state index is 12.3. The molecule has 0 radical (unpaired) electrons.